The molecule has 0 radical (unpaired) electrons. The second-order valence-electron chi connectivity index (χ2n) is 5.01. The van der Waals surface area contributed by atoms with Gasteiger partial charge in [0.05, 0.1) is 10.5 Å². The Balaban J connectivity index is 3.36. The highest BCUT2D eigenvalue weighted by atomic mass is 32.2. The van der Waals surface area contributed by atoms with Crippen LogP contribution in [0.2, 0.25) is 0 Å². The first-order chi connectivity index (χ1) is 9.81. The first-order valence-corrected chi connectivity index (χ1v) is 8.94. The summed E-state index contributed by atoms with van der Waals surface area (Å²) >= 11 is 0. The number of aryl methyl sites for hydroxylation is 1. The number of sulfone groups is 1. The van der Waals surface area contributed by atoms with Gasteiger partial charge in [0.2, 0.25) is 0 Å². The Kier molecular flexibility index (Phi) is 6.15. The smallest absolute Gasteiger partial charge is 0.336 e. The van der Waals surface area contributed by atoms with Gasteiger partial charge in [0.15, 0.2) is 9.84 Å². The van der Waals surface area contributed by atoms with Crippen molar-refractivity contribution in [1.29, 1.82) is 0 Å². The number of carboxylic acid groups (broad SMARTS) is 1. The van der Waals surface area contributed by atoms with E-state index in [1.54, 1.807) is 6.07 Å². The first kappa shape index (κ1) is 17.4. The molecule has 1 aromatic carbocycles. The first-order valence-electron chi connectivity index (χ1n) is 7.05. The lowest BCUT2D eigenvalue weighted by atomic mass is 10.00. The van der Waals surface area contributed by atoms with E-state index in [-0.39, 0.29) is 10.5 Å². The molecule has 0 saturated carbocycles. The highest BCUT2D eigenvalue weighted by Gasteiger charge is 2.19. The predicted octanol–water partition coefficient (Wildman–Crippen LogP) is 3.25. The van der Waals surface area contributed by atoms with E-state index in [0.717, 1.165) is 19.1 Å². The van der Waals surface area contributed by atoms with Crippen molar-refractivity contribution in [3.05, 3.63) is 41.0 Å². The average molecular weight is 310 g/mol. The molecule has 0 fully saturated rings. The molecule has 0 unspecified atom stereocenters. The normalized spacial score (nSPS) is 12.0. The van der Waals surface area contributed by atoms with Crippen molar-refractivity contribution in [1.82, 2.24) is 0 Å². The third-order valence-corrected chi connectivity index (χ3v) is 4.44. The maximum Gasteiger partial charge on any atom is 0.336 e. The minimum Gasteiger partial charge on any atom is -0.478 e. The van der Waals surface area contributed by atoms with Crippen LogP contribution >= 0.6 is 0 Å². The molecule has 21 heavy (non-hydrogen) atoms. The molecular formula is C16H22O4S. The van der Waals surface area contributed by atoms with Gasteiger partial charge < -0.3 is 5.11 Å². The van der Waals surface area contributed by atoms with Gasteiger partial charge in [-0.3, -0.25) is 0 Å². The van der Waals surface area contributed by atoms with Crippen LogP contribution in [0.3, 0.4) is 0 Å². The van der Waals surface area contributed by atoms with Crippen LogP contribution in [0, 0.1) is 0 Å². The SMILES string of the molecule is CCCC=CCc1cc(CC)c(C(=O)O)cc1S(C)(=O)=O. The van der Waals surface area contributed by atoms with Crippen LogP contribution < -0.4 is 0 Å². The number of hydrogen-bond donors (Lipinski definition) is 1. The van der Waals surface area contributed by atoms with E-state index in [1.807, 2.05) is 19.1 Å². The van der Waals surface area contributed by atoms with Crippen LogP contribution in [0.5, 0.6) is 0 Å². The van der Waals surface area contributed by atoms with Crippen molar-refractivity contribution < 1.29 is 18.3 Å². The zero-order valence-electron chi connectivity index (χ0n) is 12.7. The Hall–Kier alpha value is -1.62. The van der Waals surface area contributed by atoms with Gasteiger partial charge in [0.25, 0.3) is 0 Å². The maximum atomic E-state index is 11.9. The summed E-state index contributed by atoms with van der Waals surface area (Å²) in [5.41, 5.74) is 1.39. The number of aromatic carboxylic acids is 1. The highest BCUT2D eigenvalue weighted by molar-refractivity contribution is 7.90. The third kappa shape index (κ3) is 4.70. The van der Waals surface area contributed by atoms with Crippen LogP contribution in [0.25, 0.3) is 0 Å². The molecule has 116 valence electrons. The molecule has 0 saturated heterocycles. The second-order valence-corrected chi connectivity index (χ2v) is 7.00. The van der Waals surface area contributed by atoms with Gasteiger partial charge in [-0.25, -0.2) is 13.2 Å². The lowest BCUT2D eigenvalue weighted by Crippen LogP contribution is -2.09. The number of carbonyl (C=O) groups is 1. The van der Waals surface area contributed by atoms with Crippen LogP contribution in [0.1, 0.15) is 48.2 Å². The fourth-order valence-corrected chi connectivity index (χ4v) is 3.12. The van der Waals surface area contributed by atoms with Crippen molar-refractivity contribution in [2.24, 2.45) is 0 Å². The largest absolute Gasteiger partial charge is 0.478 e. The van der Waals surface area contributed by atoms with Crippen molar-refractivity contribution >= 4 is 15.8 Å². The zero-order valence-corrected chi connectivity index (χ0v) is 13.5. The van der Waals surface area contributed by atoms with Crippen LogP contribution in [0.15, 0.2) is 29.2 Å². The van der Waals surface area contributed by atoms with E-state index in [2.05, 4.69) is 6.92 Å². The third-order valence-electron chi connectivity index (χ3n) is 3.26. The number of benzene rings is 1. The second kappa shape index (κ2) is 7.41. The predicted molar refractivity (Wildman–Crippen MR) is 83.6 cm³/mol. The summed E-state index contributed by atoms with van der Waals surface area (Å²) in [7, 11) is -3.45. The summed E-state index contributed by atoms with van der Waals surface area (Å²) in [5, 5.41) is 9.22. The Morgan fingerprint density at radius 2 is 1.86 bits per heavy atom. The van der Waals surface area contributed by atoms with Gasteiger partial charge in [-0.15, -0.1) is 0 Å². The van der Waals surface area contributed by atoms with Crippen molar-refractivity contribution in [2.45, 2.75) is 44.4 Å². The number of rotatable bonds is 7. The molecule has 1 rings (SSSR count). The molecule has 1 aromatic rings. The Morgan fingerprint density at radius 1 is 1.19 bits per heavy atom. The molecule has 0 aliphatic rings. The molecule has 4 nitrogen and oxygen atoms in total. The summed E-state index contributed by atoms with van der Waals surface area (Å²) < 4.78 is 23.8. The molecular weight excluding hydrogens is 288 g/mol. The van der Waals surface area contributed by atoms with E-state index >= 15 is 0 Å². The summed E-state index contributed by atoms with van der Waals surface area (Å²) in [6, 6.07) is 3.00. The monoisotopic (exact) mass is 310 g/mol. The van der Waals surface area contributed by atoms with E-state index in [0.29, 0.717) is 24.0 Å². The molecule has 1 N–H and O–H groups in total. The lowest BCUT2D eigenvalue weighted by molar-refractivity contribution is 0.0695. The molecule has 0 aliphatic carbocycles. The molecule has 5 heteroatoms. The Labute approximate surface area is 126 Å². The van der Waals surface area contributed by atoms with E-state index in [4.69, 9.17) is 0 Å². The number of unbranched alkanes of at least 4 members (excludes halogenated alkanes) is 1. The fraction of sp³-hybridized carbons (Fsp3) is 0.438. The molecule has 0 heterocycles. The molecule has 0 aliphatic heterocycles. The van der Waals surface area contributed by atoms with Crippen molar-refractivity contribution in [3.8, 4) is 0 Å². The molecule has 0 aromatic heterocycles. The topological polar surface area (TPSA) is 71.4 Å². The Bertz CT molecular complexity index is 642. The summed E-state index contributed by atoms with van der Waals surface area (Å²) in [4.78, 5) is 11.4. The Morgan fingerprint density at radius 3 is 2.33 bits per heavy atom. The average Bonchev–Trinajstić information content (AvgIpc) is 2.41. The minimum absolute atomic E-state index is 0.0687. The molecule has 0 amide bonds. The standard InChI is InChI=1S/C16H22O4S/c1-4-6-7-8-9-13-10-12(5-2)14(16(17)18)11-15(13)21(3,19)20/h7-8,10-11H,4-6,9H2,1-3H3,(H,17,18). The van der Waals surface area contributed by atoms with Crippen LogP contribution in [-0.4, -0.2) is 25.7 Å². The van der Waals surface area contributed by atoms with Gasteiger partial charge in [0.1, 0.15) is 0 Å². The fourth-order valence-electron chi connectivity index (χ4n) is 2.17. The van der Waals surface area contributed by atoms with E-state index in [1.165, 1.54) is 6.07 Å². The van der Waals surface area contributed by atoms with Crippen molar-refractivity contribution in [3.63, 3.8) is 0 Å². The summed E-state index contributed by atoms with van der Waals surface area (Å²) in [6.07, 6.45) is 8.09. The van der Waals surface area contributed by atoms with Crippen LogP contribution in [0.4, 0.5) is 0 Å². The van der Waals surface area contributed by atoms with Gasteiger partial charge in [-0.2, -0.15) is 0 Å². The maximum absolute atomic E-state index is 11.9. The number of hydrogen-bond acceptors (Lipinski definition) is 3. The minimum atomic E-state index is -3.45. The molecule has 0 atom stereocenters. The van der Waals surface area contributed by atoms with E-state index < -0.39 is 15.8 Å². The molecule has 0 bridgehead atoms. The molecule has 0 spiro atoms. The van der Waals surface area contributed by atoms with Gasteiger partial charge in [-0.1, -0.05) is 38.5 Å². The zero-order chi connectivity index (χ0) is 16.0. The van der Waals surface area contributed by atoms with Crippen molar-refractivity contribution in [2.75, 3.05) is 6.26 Å². The van der Waals surface area contributed by atoms with E-state index in [9.17, 15) is 18.3 Å². The summed E-state index contributed by atoms with van der Waals surface area (Å²) in [6.45, 7) is 3.93. The lowest BCUT2D eigenvalue weighted by Gasteiger charge is -2.11. The number of carboxylic acids is 1. The quantitative estimate of drug-likeness (QED) is 0.785. The van der Waals surface area contributed by atoms with Gasteiger partial charge in [-0.05, 0) is 36.5 Å². The highest BCUT2D eigenvalue weighted by Crippen LogP contribution is 2.23. The number of allylic oxidation sites excluding steroid dienone is 2. The van der Waals surface area contributed by atoms with Gasteiger partial charge >= 0.3 is 5.97 Å². The van der Waals surface area contributed by atoms with Crippen LogP contribution in [-0.2, 0) is 22.7 Å². The summed E-state index contributed by atoms with van der Waals surface area (Å²) in [5.74, 6) is -1.09. The van der Waals surface area contributed by atoms with Gasteiger partial charge in [0, 0.05) is 6.26 Å².